The van der Waals surface area contributed by atoms with Gasteiger partial charge in [0.1, 0.15) is 5.52 Å². The molecule has 0 saturated carbocycles. The number of fused-ring (bicyclic) bond motifs is 2. The van der Waals surface area contributed by atoms with Crippen LogP contribution in [0.2, 0.25) is 0 Å². The van der Waals surface area contributed by atoms with E-state index in [0.29, 0.717) is 10.8 Å². The van der Waals surface area contributed by atoms with Gasteiger partial charge in [-0.2, -0.15) is 0 Å². The molecule has 3 aromatic carbocycles. The molecule has 7 heteroatoms. The van der Waals surface area contributed by atoms with Crippen LogP contribution in [0.15, 0.2) is 76.4 Å². The maximum Gasteiger partial charge on any atom is 0.257 e. The predicted octanol–water partition coefficient (Wildman–Crippen LogP) is 3.46. The second kappa shape index (κ2) is 8.14. The van der Waals surface area contributed by atoms with Crippen molar-refractivity contribution >= 4 is 45.4 Å². The Morgan fingerprint density at radius 3 is 2.50 bits per heavy atom. The van der Waals surface area contributed by atoms with Crippen molar-refractivity contribution in [2.24, 2.45) is 0 Å². The minimum atomic E-state index is -0.334. The number of hydrogen-bond donors (Lipinski definition) is 2. The molecule has 0 radical (unpaired) electrons. The Bertz CT molecular complexity index is 1120. The number of aromatic nitrogens is 1. The van der Waals surface area contributed by atoms with Crippen LogP contribution in [0.5, 0.6) is 0 Å². The first-order chi connectivity index (χ1) is 13.7. The van der Waals surface area contributed by atoms with Gasteiger partial charge in [-0.1, -0.05) is 66.4 Å². The molecule has 1 aromatic heterocycles. The molecule has 0 unspecified atom stereocenters. The van der Waals surface area contributed by atoms with Crippen molar-refractivity contribution in [2.75, 3.05) is 5.75 Å². The molecule has 2 N–H and O–H groups in total. The van der Waals surface area contributed by atoms with Crippen LogP contribution < -0.4 is 10.9 Å². The van der Waals surface area contributed by atoms with Crippen LogP contribution in [0.4, 0.5) is 0 Å². The van der Waals surface area contributed by atoms with Gasteiger partial charge in [-0.05, 0) is 28.5 Å². The lowest BCUT2D eigenvalue weighted by molar-refractivity contribution is -0.127. The third-order valence-electron chi connectivity index (χ3n) is 4.12. The Labute approximate surface area is 165 Å². The average molecular weight is 391 g/mol. The zero-order valence-electron chi connectivity index (χ0n) is 14.8. The summed E-state index contributed by atoms with van der Waals surface area (Å²) in [6.45, 7) is 0. The van der Waals surface area contributed by atoms with E-state index in [2.05, 4.69) is 15.8 Å². The lowest BCUT2D eigenvalue weighted by atomic mass is 10.1. The summed E-state index contributed by atoms with van der Waals surface area (Å²) in [4.78, 5) is 28.3. The Morgan fingerprint density at radius 1 is 0.893 bits per heavy atom. The van der Waals surface area contributed by atoms with E-state index in [1.807, 2.05) is 66.7 Å². The quantitative estimate of drug-likeness (QED) is 0.402. The molecule has 0 fully saturated rings. The molecule has 1 heterocycles. The normalized spacial score (nSPS) is 10.9. The molecule has 4 aromatic rings. The summed E-state index contributed by atoms with van der Waals surface area (Å²) in [6, 6.07) is 21.2. The van der Waals surface area contributed by atoms with Crippen molar-refractivity contribution in [3.8, 4) is 0 Å². The number of benzene rings is 3. The third kappa shape index (κ3) is 4.32. The summed E-state index contributed by atoms with van der Waals surface area (Å²) >= 11 is 1.17. The van der Waals surface area contributed by atoms with Crippen LogP contribution in [0.3, 0.4) is 0 Å². The van der Waals surface area contributed by atoms with E-state index in [-0.39, 0.29) is 24.0 Å². The van der Waals surface area contributed by atoms with Gasteiger partial charge in [0.2, 0.25) is 11.8 Å². The Kier molecular flexibility index (Phi) is 5.25. The number of oxazole rings is 1. The summed E-state index contributed by atoms with van der Waals surface area (Å²) in [7, 11) is 0. The molecule has 6 nitrogen and oxygen atoms in total. The molecule has 0 aliphatic rings. The van der Waals surface area contributed by atoms with Gasteiger partial charge in [-0.15, -0.1) is 0 Å². The van der Waals surface area contributed by atoms with Gasteiger partial charge in [0, 0.05) is 0 Å². The Morgan fingerprint density at radius 2 is 1.64 bits per heavy atom. The van der Waals surface area contributed by atoms with Crippen molar-refractivity contribution in [1.29, 1.82) is 0 Å². The zero-order chi connectivity index (χ0) is 19.3. The van der Waals surface area contributed by atoms with Crippen LogP contribution in [-0.2, 0) is 16.0 Å². The van der Waals surface area contributed by atoms with E-state index in [1.165, 1.54) is 11.8 Å². The van der Waals surface area contributed by atoms with E-state index in [0.717, 1.165) is 21.9 Å². The number of nitrogens with one attached hydrogen (secondary N) is 2. The first-order valence-corrected chi connectivity index (χ1v) is 9.70. The summed E-state index contributed by atoms with van der Waals surface area (Å²) in [5.41, 5.74) is 7.15. The van der Waals surface area contributed by atoms with Gasteiger partial charge in [0.15, 0.2) is 5.58 Å². The zero-order valence-corrected chi connectivity index (χ0v) is 15.7. The standard InChI is InChI=1S/C21H17N3O3S/c25-19(12-14-9-10-15-5-1-2-6-16(15)11-14)23-24-20(26)13-28-21-22-17-7-3-4-8-18(17)27-21/h1-11H,12-13H2,(H,23,25)(H,24,26). The maximum absolute atomic E-state index is 12.1. The van der Waals surface area contributed by atoms with Crippen molar-refractivity contribution in [2.45, 2.75) is 11.6 Å². The molecule has 0 spiro atoms. The highest BCUT2D eigenvalue weighted by Gasteiger charge is 2.10. The van der Waals surface area contributed by atoms with E-state index in [9.17, 15) is 9.59 Å². The summed E-state index contributed by atoms with van der Waals surface area (Å²) in [5.74, 6) is -0.530. The topological polar surface area (TPSA) is 84.2 Å². The second-order valence-electron chi connectivity index (χ2n) is 6.19. The molecule has 2 amide bonds. The first kappa shape index (κ1) is 18.1. The SMILES string of the molecule is O=C(CSc1nc2ccccc2o1)NNC(=O)Cc1ccc2ccccc2c1. The van der Waals surface area contributed by atoms with Crippen LogP contribution in [0, 0.1) is 0 Å². The molecule has 0 atom stereocenters. The average Bonchev–Trinajstić information content (AvgIpc) is 3.14. The van der Waals surface area contributed by atoms with E-state index >= 15 is 0 Å². The molecule has 0 saturated heterocycles. The summed E-state index contributed by atoms with van der Waals surface area (Å²) in [5, 5.41) is 2.61. The van der Waals surface area contributed by atoms with Crippen molar-refractivity contribution in [3.05, 3.63) is 72.3 Å². The van der Waals surface area contributed by atoms with Gasteiger partial charge < -0.3 is 4.42 Å². The van der Waals surface area contributed by atoms with Crippen LogP contribution >= 0.6 is 11.8 Å². The molecule has 140 valence electrons. The molecule has 28 heavy (non-hydrogen) atoms. The second-order valence-corrected chi connectivity index (χ2v) is 7.12. The Hall–Kier alpha value is -3.32. The molecular formula is C21H17N3O3S. The van der Waals surface area contributed by atoms with Gasteiger partial charge in [0.25, 0.3) is 5.22 Å². The number of nitrogens with zero attached hydrogens (tertiary/aromatic N) is 1. The van der Waals surface area contributed by atoms with Crippen molar-refractivity contribution in [1.82, 2.24) is 15.8 Å². The number of rotatable bonds is 5. The molecular weight excluding hydrogens is 374 g/mol. The van der Waals surface area contributed by atoms with Gasteiger partial charge in [-0.25, -0.2) is 4.98 Å². The number of hydrogen-bond acceptors (Lipinski definition) is 5. The fourth-order valence-corrected chi connectivity index (χ4v) is 3.43. The van der Waals surface area contributed by atoms with Crippen molar-refractivity contribution < 1.29 is 14.0 Å². The number of para-hydroxylation sites is 2. The van der Waals surface area contributed by atoms with Gasteiger partial charge in [0.05, 0.1) is 12.2 Å². The predicted molar refractivity (Wildman–Crippen MR) is 109 cm³/mol. The van der Waals surface area contributed by atoms with Crippen LogP contribution in [0.1, 0.15) is 5.56 Å². The summed E-state index contributed by atoms with van der Waals surface area (Å²) in [6.07, 6.45) is 0.184. The molecule has 0 bridgehead atoms. The highest BCUT2D eigenvalue weighted by molar-refractivity contribution is 7.99. The fourth-order valence-electron chi connectivity index (χ4n) is 2.79. The van der Waals surface area contributed by atoms with E-state index in [1.54, 1.807) is 0 Å². The lowest BCUT2D eigenvalue weighted by Crippen LogP contribution is -2.43. The number of amides is 2. The smallest absolute Gasteiger partial charge is 0.257 e. The largest absolute Gasteiger partial charge is 0.431 e. The maximum atomic E-state index is 12.1. The molecule has 0 aliphatic carbocycles. The third-order valence-corrected chi connectivity index (χ3v) is 4.95. The Balaban J connectivity index is 1.26. The van der Waals surface area contributed by atoms with Crippen LogP contribution in [0.25, 0.3) is 21.9 Å². The first-order valence-electron chi connectivity index (χ1n) is 8.71. The van der Waals surface area contributed by atoms with Crippen molar-refractivity contribution in [3.63, 3.8) is 0 Å². The van der Waals surface area contributed by atoms with Crippen LogP contribution in [-0.4, -0.2) is 22.6 Å². The number of thioether (sulfide) groups is 1. The van der Waals surface area contributed by atoms with E-state index in [4.69, 9.17) is 4.42 Å². The van der Waals surface area contributed by atoms with Gasteiger partial charge >= 0.3 is 0 Å². The number of carbonyl (C=O) groups is 2. The highest BCUT2D eigenvalue weighted by atomic mass is 32.2. The lowest BCUT2D eigenvalue weighted by Gasteiger charge is -2.07. The number of carbonyl (C=O) groups excluding carboxylic acids is 2. The monoisotopic (exact) mass is 391 g/mol. The summed E-state index contributed by atoms with van der Waals surface area (Å²) < 4.78 is 5.54. The minimum absolute atomic E-state index is 0.0864. The fraction of sp³-hybridized carbons (Fsp3) is 0.0952. The molecule has 0 aliphatic heterocycles. The van der Waals surface area contributed by atoms with Gasteiger partial charge in [-0.3, -0.25) is 20.4 Å². The van der Waals surface area contributed by atoms with E-state index < -0.39 is 0 Å². The molecule has 4 rings (SSSR count). The highest BCUT2D eigenvalue weighted by Crippen LogP contribution is 2.22. The number of hydrazine groups is 1. The minimum Gasteiger partial charge on any atom is -0.431 e.